The lowest BCUT2D eigenvalue weighted by Gasteiger charge is -2.21. The summed E-state index contributed by atoms with van der Waals surface area (Å²) in [6.45, 7) is 3.00. The van der Waals surface area contributed by atoms with Crippen LogP contribution in [0.5, 0.6) is 0 Å². The summed E-state index contributed by atoms with van der Waals surface area (Å²) < 4.78 is 44.3. The van der Waals surface area contributed by atoms with Gasteiger partial charge in [0.1, 0.15) is 35.5 Å². The van der Waals surface area contributed by atoms with Crippen molar-refractivity contribution in [1.82, 2.24) is 29.9 Å². The highest BCUT2D eigenvalue weighted by atomic mass is 35.5. The van der Waals surface area contributed by atoms with E-state index in [1.807, 2.05) is 0 Å². The second-order valence-corrected chi connectivity index (χ2v) is 10.3. The first-order valence-electron chi connectivity index (χ1n) is 10.00. The van der Waals surface area contributed by atoms with Crippen molar-refractivity contribution in [3.05, 3.63) is 52.9 Å². The Morgan fingerprint density at radius 3 is 2.72 bits per heavy atom. The van der Waals surface area contributed by atoms with Gasteiger partial charge >= 0.3 is 0 Å². The van der Waals surface area contributed by atoms with Gasteiger partial charge < -0.3 is 18.6 Å². The lowest BCUT2D eigenvalue weighted by Crippen LogP contribution is -2.30. The van der Waals surface area contributed by atoms with Gasteiger partial charge in [-0.1, -0.05) is 16.8 Å². The first-order chi connectivity index (χ1) is 15.4. The highest BCUT2D eigenvalue weighted by molar-refractivity contribution is 7.91. The summed E-state index contributed by atoms with van der Waals surface area (Å²) in [5, 5.41) is 11.9. The minimum Gasteiger partial charge on any atom is -0.381 e. The fourth-order valence-electron chi connectivity index (χ4n) is 3.63. The van der Waals surface area contributed by atoms with Crippen molar-refractivity contribution < 1.29 is 22.4 Å². The second kappa shape index (κ2) is 9.61. The maximum Gasteiger partial charge on any atom is 0.163 e. The standard InChI is InChI=1S/C19H23ClN6O5S/c1-12(17(29-2)18-21-7-14(20)8-22-18)32(27,28)11-16-23-24-19(13-3-5-30-10-13)26(16)9-15-4-6-31-25-15/h4,6-8,12-13,17H,3,5,9-11H2,1-2H3/t12-,13-,17-/m0/s1. The van der Waals surface area contributed by atoms with Crippen LogP contribution in [0, 0.1) is 0 Å². The second-order valence-electron chi connectivity index (χ2n) is 7.54. The summed E-state index contributed by atoms with van der Waals surface area (Å²) in [6.07, 6.45) is 4.19. The van der Waals surface area contributed by atoms with Crippen LogP contribution < -0.4 is 0 Å². The normalized spacial score (nSPS) is 18.7. The number of hydrogen-bond donors (Lipinski definition) is 0. The van der Waals surface area contributed by atoms with Gasteiger partial charge in [-0.05, 0) is 13.3 Å². The molecule has 1 aliphatic rings. The number of nitrogens with zero attached hydrogens (tertiary/aromatic N) is 6. The number of ether oxygens (including phenoxy) is 2. The molecule has 3 aromatic heterocycles. The fourth-order valence-corrected chi connectivity index (χ4v) is 5.17. The number of aromatic nitrogens is 6. The maximum absolute atomic E-state index is 13.3. The van der Waals surface area contributed by atoms with Crippen molar-refractivity contribution >= 4 is 21.4 Å². The van der Waals surface area contributed by atoms with Gasteiger partial charge in [-0.25, -0.2) is 18.4 Å². The zero-order valence-corrected chi connectivity index (χ0v) is 19.2. The molecule has 1 saturated heterocycles. The highest BCUT2D eigenvalue weighted by Gasteiger charge is 2.35. The van der Waals surface area contributed by atoms with Crippen molar-refractivity contribution in [2.45, 2.75) is 42.9 Å². The Balaban J connectivity index is 1.62. The monoisotopic (exact) mass is 482 g/mol. The predicted octanol–water partition coefficient (Wildman–Crippen LogP) is 1.95. The van der Waals surface area contributed by atoms with Crippen LogP contribution in [0.2, 0.25) is 5.02 Å². The van der Waals surface area contributed by atoms with Crippen LogP contribution >= 0.6 is 11.6 Å². The average Bonchev–Trinajstić information content (AvgIpc) is 3.53. The van der Waals surface area contributed by atoms with Gasteiger partial charge in [-0.15, -0.1) is 10.2 Å². The van der Waals surface area contributed by atoms with E-state index >= 15 is 0 Å². The van der Waals surface area contributed by atoms with Gasteiger partial charge in [0, 0.05) is 38.1 Å². The van der Waals surface area contributed by atoms with Gasteiger partial charge in [0.15, 0.2) is 15.7 Å². The first-order valence-corrected chi connectivity index (χ1v) is 12.1. The molecule has 0 bridgehead atoms. The van der Waals surface area contributed by atoms with Crippen LogP contribution in [-0.2, 0) is 31.6 Å². The molecular formula is C19H23ClN6O5S. The Hall–Kier alpha value is -2.41. The lowest BCUT2D eigenvalue weighted by atomic mass is 10.1. The molecule has 0 radical (unpaired) electrons. The van der Waals surface area contributed by atoms with E-state index in [-0.39, 0.29) is 17.5 Å². The van der Waals surface area contributed by atoms with Crippen molar-refractivity contribution in [2.24, 2.45) is 0 Å². The van der Waals surface area contributed by atoms with Gasteiger partial charge in [0.05, 0.1) is 23.4 Å². The van der Waals surface area contributed by atoms with Gasteiger partial charge in [-0.3, -0.25) is 0 Å². The summed E-state index contributed by atoms with van der Waals surface area (Å²) >= 11 is 5.85. The number of sulfone groups is 1. The van der Waals surface area contributed by atoms with Gasteiger partial charge in [0.2, 0.25) is 0 Å². The molecular weight excluding hydrogens is 460 g/mol. The number of methoxy groups -OCH3 is 1. The molecule has 0 spiro atoms. The van der Waals surface area contributed by atoms with E-state index in [2.05, 4.69) is 25.3 Å². The Kier molecular flexibility index (Phi) is 6.84. The molecule has 0 N–H and O–H groups in total. The first kappa shape index (κ1) is 22.8. The molecule has 13 heteroatoms. The SMILES string of the molecule is CO[C@H](c1ncc(Cl)cn1)[C@H](C)S(=O)(=O)Cc1nnc([C@H]2CCOC2)n1Cc1ccon1. The van der Waals surface area contributed by atoms with E-state index in [0.717, 1.165) is 6.42 Å². The molecule has 11 nitrogen and oxygen atoms in total. The molecule has 32 heavy (non-hydrogen) atoms. The average molecular weight is 483 g/mol. The van der Waals surface area contributed by atoms with Gasteiger partial charge in [-0.2, -0.15) is 0 Å². The van der Waals surface area contributed by atoms with Crippen LogP contribution in [0.1, 0.15) is 48.5 Å². The van der Waals surface area contributed by atoms with Crippen LogP contribution in [0.15, 0.2) is 29.2 Å². The summed E-state index contributed by atoms with van der Waals surface area (Å²) in [5.74, 6) is 0.930. The molecule has 0 aromatic carbocycles. The van der Waals surface area contributed by atoms with Crippen LogP contribution in [0.25, 0.3) is 0 Å². The van der Waals surface area contributed by atoms with Crippen molar-refractivity contribution in [1.29, 1.82) is 0 Å². The molecule has 3 atom stereocenters. The quantitative estimate of drug-likeness (QED) is 0.445. The number of hydrogen-bond acceptors (Lipinski definition) is 10. The minimum absolute atomic E-state index is 0.0393. The third-order valence-corrected chi connectivity index (χ3v) is 7.67. The molecule has 0 unspecified atom stereocenters. The lowest BCUT2D eigenvalue weighted by molar-refractivity contribution is 0.0948. The van der Waals surface area contributed by atoms with Crippen molar-refractivity contribution in [3.8, 4) is 0 Å². The molecule has 0 amide bonds. The van der Waals surface area contributed by atoms with E-state index in [0.29, 0.717) is 42.1 Å². The predicted molar refractivity (Wildman–Crippen MR) is 113 cm³/mol. The van der Waals surface area contributed by atoms with Crippen molar-refractivity contribution in [3.63, 3.8) is 0 Å². The Bertz CT molecular complexity index is 1130. The zero-order valence-electron chi connectivity index (χ0n) is 17.6. The van der Waals surface area contributed by atoms with Crippen LogP contribution in [0.3, 0.4) is 0 Å². The zero-order chi connectivity index (χ0) is 22.7. The van der Waals surface area contributed by atoms with Gasteiger partial charge in [0.25, 0.3) is 0 Å². The van der Waals surface area contributed by atoms with Crippen LogP contribution in [-0.4, -0.2) is 63.9 Å². The Labute approximate surface area is 190 Å². The van der Waals surface area contributed by atoms with E-state index in [1.165, 1.54) is 25.8 Å². The minimum atomic E-state index is -3.73. The van der Waals surface area contributed by atoms with E-state index < -0.39 is 21.2 Å². The highest BCUT2D eigenvalue weighted by Crippen LogP contribution is 2.28. The molecule has 172 valence electrons. The third kappa shape index (κ3) is 4.82. The Morgan fingerprint density at radius 1 is 1.31 bits per heavy atom. The smallest absolute Gasteiger partial charge is 0.163 e. The summed E-state index contributed by atoms with van der Waals surface area (Å²) in [6, 6.07) is 1.72. The van der Waals surface area contributed by atoms with E-state index in [1.54, 1.807) is 17.6 Å². The molecule has 4 heterocycles. The van der Waals surface area contributed by atoms with E-state index in [9.17, 15) is 8.42 Å². The molecule has 4 rings (SSSR count). The topological polar surface area (TPSA) is 135 Å². The summed E-state index contributed by atoms with van der Waals surface area (Å²) in [5.41, 5.74) is 0.640. The fraction of sp³-hybridized carbons (Fsp3) is 0.526. The molecule has 3 aromatic rings. The summed E-state index contributed by atoms with van der Waals surface area (Å²) in [7, 11) is -2.31. The molecule has 0 aliphatic carbocycles. The maximum atomic E-state index is 13.3. The molecule has 1 aliphatic heterocycles. The van der Waals surface area contributed by atoms with E-state index in [4.69, 9.17) is 25.6 Å². The number of halogens is 1. The summed E-state index contributed by atoms with van der Waals surface area (Å²) in [4.78, 5) is 8.23. The Morgan fingerprint density at radius 2 is 2.09 bits per heavy atom. The number of rotatable bonds is 9. The largest absolute Gasteiger partial charge is 0.381 e. The van der Waals surface area contributed by atoms with Crippen molar-refractivity contribution in [2.75, 3.05) is 20.3 Å². The molecule has 1 fully saturated rings. The third-order valence-electron chi connectivity index (χ3n) is 5.43. The molecule has 0 saturated carbocycles. The van der Waals surface area contributed by atoms with Crippen LogP contribution in [0.4, 0.5) is 0 Å².